The molecule has 2 aromatic carbocycles. The number of halogens is 6. The van der Waals surface area contributed by atoms with Crippen molar-refractivity contribution in [2.24, 2.45) is 0 Å². The topological polar surface area (TPSA) is 94.6 Å². The quantitative estimate of drug-likeness (QED) is 0.403. The number of pyridine rings is 1. The fraction of sp³-hybridized carbons (Fsp3) is 0.250. The minimum atomic E-state index is -5.43. The number of aromatic nitrogens is 1. The van der Waals surface area contributed by atoms with Gasteiger partial charge in [0.05, 0.1) is 25.3 Å². The van der Waals surface area contributed by atoms with E-state index in [4.69, 9.17) is 16.3 Å². The van der Waals surface area contributed by atoms with Crippen molar-refractivity contribution in [1.82, 2.24) is 4.98 Å². The number of hydrogen-bond acceptors (Lipinski definition) is 5. The molecule has 2 unspecified atom stereocenters. The molecule has 2 atom stereocenters. The standard InChI is InChI=1S/C20H16ClF5N2O4/c1-32-17-12(4-9(21)5-13(17)23)18(19(31,8-29)20(24,25)26)28-15-7-10(22)6-14-11(15)2-3-16(30)27-14/h2-7,18,28-29,31H,8H2,1H3,(H,27,30). The van der Waals surface area contributed by atoms with E-state index in [0.717, 1.165) is 37.4 Å². The molecule has 0 fully saturated rings. The monoisotopic (exact) mass is 478 g/mol. The summed E-state index contributed by atoms with van der Waals surface area (Å²) in [6.45, 7) is -1.84. The van der Waals surface area contributed by atoms with E-state index in [1.807, 2.05) is 0 Å². The Morgan fingerprint density at radius 3 is 2.47 bits per heavy atom. The summed E-state index contributed by atoms with van der Waals surface area (Å²) in [5.74, 6) is -2.74. The molecule has 1 aromatic heterocycles. The Labute approximate surface area is 182 Å². The van der Waals surface area contributed by atoms with Crippen LogP contribution >= 0.6 is 11.6 Å². The van der Waals surface area contributed by atoms with Crippen LogP contribution in [0, 0.1) is 11.6 Å². The number of aliphatic hydroxyl groups is 2. The van der Waals surface area contributed by atoms with E-state index in [0.29, 0.717) is 0 Å². The minimum absolute atomic E-state index is 0.0532. The number of fused-ring (bicyclic) bond motifs is 1. The van der Waals surface area contributed by atoms with Gasteiger partial charge in [0.15, 0.2) is 11.6 Å². The predicted molar refractivity (Wildman–Crippen MR) is 107 cm³/mol. The van der Waals surface area contributed by atoms with E-state index >= 15 is 0 Å². The number of H-pyrrole nitrogens is 1. The average molecular weight is 479 g/mol. The molecule has 0 amide bonds. The van der Waals surface area contributed by atoms with Crippen LogP contribution in [0.15, 0.2) is 41.2 Å². The van der Waals surface area contributed by atoms with Crippen molar-refractivity contribution < 1.29 is 36.9 Å². The molecule has 0 aliphatic rings. The SMILES string of the molecule is COc1c(F)cc(Cl)cc1C(Nc1cc(F)cc2[nH]c(=O)ccc12)C(O)(CO)C(F)(F)F. The molecule has 4 N–H and O–H groups in total. The van der Waals surface area contributed by atoms with Crippen molar-refractivity contribution in [2.75, 3.05) is 19.0 Å². The van der Waals surface area contributed by atoms with Gasteiger partial charge in [-0.25, -0.2) is 8.78 Å². The summed E-state index contributed by atoms with van der Waals surface area (Å²) in [5.41, 5.74) is -5.40. The van der Waals surface area contributed by atoms with Gasteiger partial charge in [-0.3, -0.25) is 4.79 Å². The molecule has 0 bridgehead atoms. The maximum atomic E-state index is 14.4. The molecule has 0 radical (unpaired) electrons. The zero-order chi connectivity index (χ0) is 23.8. The number of anilines is 1. The first kappa shape index (κ1) is 23.8. The molecule has 3 aromatic rings. The second-order valence-electron chi connectivity index (χ2n) is 6.90. The zero-order valence-electron chi connectivity index (χ0n) is 16.2. The molecule has 0 saturated carbocycles. The first-order valence-electron chi connectivity index (χ1n) is 8.93. The highest BCUT2D eigenvalue weighted by atomic mass is 35.5. The van der Waals surface area contributed by atoms with E-state index < -0.39 is 52.9 Å². The van der Waals surface area contributed by atoms with Gasteiger partial charge >= 0.3 is 6.18 Å². The van der Waals surface area contributed by atoms with Crippen LogP contribution in [0.2, 0.25) is 5.02 Å². The van der Waals surface area contributed by atoms with E-state index in [1.165, 1.54) is 6.07 Å². The van der Waals surface area contributed by atoms with Gasteiger partial charge in [0.25, 0.3) is 0 Å². The number of rotatable bonds is 6. The summed E-state index contributed by atoms with van der Waals surface area (Å²) in [7, 11) is 0.987. The van der Waals surface area contributed by atoms with E-state index in [1.54, 1.807) is 0 Å². The van der Waals surface area contributed by atoms with Crippen LogP contribution in [0.4, 0.5) is 27.6 Å². The molecule has 32 heavy (non-hydrogen) atoms. The van der Waals surface area contributed by atoms with E-state index in [2.05, 4.69) is 10.3 Å². The number of methoxy groups -OCH3 is 1. The van der Waals surface area contributed by atoms with E-state index in [-0.39, 0.29) is 21.6 Å². The van der Waals surface area contributed by atoms with Crippen LogP contribution < -0.4 is 15.6 Å². The highest BCUT2D eigenvalue weighted by Crippen LogP contribution is 2.46. The number of alkyl halides is 3. The molecule has 12 heteroatoms. The Bertz CT molecular complexity index is 1220. The highest BCUT2D eigenvalue weighted by Gasteiger charge is 2.59. The van der Waals surface area contributed by atoms with Gasteiger partial charge in [0.1, 0.15) is 5.82 Å². The van der Waals surface area contributed by atoms with E-state index in [9.17, 15) is 37.0 Å². The summed E-state index contributed by atoms with van der Waals surface area (Å²) in [6.07, 6.45) is -5.43. The maximum Gasteiger partial charge on any atom is 0.421 e. The van der Waals surface area contributed by atoms with Gasteiger partial charge in [-0.05, 0) is 30.3 Å². The number of aromatic amines is 1. The third-order valence-corrected chi connectivity index (χ3v) is 5.08. The average Bonchev–Trinajstić information content (AvgIpc) is 2.69. The third-order valence-electron chi connectivity index (χ3n) is 4.87. The molecular weight excluding hydrogens is 463 g/mol. The van der Waals surface area contributed by atoms with Crippen LogP contribution in [0.25, 0.3) is 10.9 Å². The summed E-state index contributed by atoms with van der Waals surface area (Å²) in [5, 5.41) is 22.1. The lowest BCUT2D eigenvalue weighted by Crippen LogP contribution is -2.55. The van der Waals surface area contributed by atoms with Crippen molar-refractivity contribution in [1.29, 1.82) is 0 Å². The van der Waals surface area contributed by atoms with Crippen LogP contribution in [-0.2, 0) is 0 Å². The lowest BCUT2D eigenvalue weighted by Gasteiger charge is -2.38. The normalized spacial score (nSPS) is 14.8. The Kier molecular flexibility index (Phi) is 6.36. The molecule has 172 valence electrons. The highest BCUT2D eigenvalue weighted by molar-refractivity contribution is 6.30. The molecule has 1 heterocycles. The molecule has 0 saturated heterocycles. The van der Waals surface area contributed by atoms with Crippen molar-refractivity contribution in [3.8, 4) is 5.75 Å². The predicted octanol–water partition coefficient (Wildman–Crippen LogP) is 3.91. The fourth-order valence-corrected chi connectivity index (χ4v) is 3.53. The van der Waals surface area contributed by atoms with Gasteiger partial charge < -0.3 is 25.3 Å². The number of hydrogen-bond donors (Lipinski definition) is 4. The third kappa shape index (κ3) is 4.23. The van der Waals surface area contributed by atoms with Crippen molar-refractivity contribution >= 4 is 28.2 Å². The smallest absolute Gasteiger partial charge is 0.421 e. The van der Waals surface area contributed by atoms with Crippen LogP contribution in [-0.4, -0.2) is 40.7 Å². The minimum Gasteiger partial charge on any atom is -0.493 e. The van der Waals surface area contributed by atoms with Gasteiger partial charge in [0, 0.05) is 27.7 Å². The van der Waals surface area contributed by atoms with Crippen LogP contribution in [0.1, 0.15) is 11.6 Å². The molecule has 0 aliphatic carbocycles. The number of nitrogens with one attached hydrogen (secondary N) is 2. The molecule has 3 rings (SSSR count). The maximum absolute atomic E-state index is 14.4. The number of aliphatic hydroxyl groups excluding tert-OH is 1. The second kappa shape index (κ2) is 8.57. The van der Waals surface area contributed by atoms with Gasteiger partial charge in [-0.15, -0.1) is 0 Å². The summed E-state index contributed by atoms with van der Waals surface area (Å²) >= 11 is 5.82. The van der Waals surface area contributed by atoms with Gasteiger partial charge in [-0.2, -0.15) is 13.2 Å². The largest absolute Gasteiger partial charge is 0.493 e. The molecule has 6 nitrogen and oxygen atoms in total. The Morgan fingerprint density at radius 1 is 1.19 bits per heavy atom. The molecule has 0 aliphatic heterocycles. The van der Waals surface area contributed by atoms with Crippen molar-refractivity contribution in [3.05, 3.63) is 69.0 Å². The zero-order valence-corrected chi connectivity index (χ0v) is 17.0. The first-order chi connectivity index (χ1) is 14.9. The lowest BCUT2D eigenvalue weighted by atomic mass is 9.87. The van der Waals surface area contributed by atoms with Crippen LogP contribution in [0.3, 0.4) is 0 Å². The van der Waals surface area contributed by atoms with Gasteiger partial charge in [-0.1, -0.05) is 11.6 Å². The molecular formula is C20H16ClF5N2O4. The molecule has 0 spiro atoms. The Balaban J connectivity index is 2.31. The fourth-order valence-electron chi connectivity index (χ4n) is 3.32. The number of benzene rings is 2. The van der Waals surface area contributed by atoms with Crippen molar-refractivity contribution in [3.63, 3.8) is 0 Å². The second-order valence-corrected chi connectivity index (χ2v) is 7.34. The van der Waals surface area contributed by atoms with Crippen LogP contribution in [0.5, 0.6) is 5.75 Å². The first-order valence-corrected chi connectivity index (χ1v) is 9.31. The Hall–Kier alpha value is -2.89. The summed E-state index contributed by atoms with van der Waals surface area (Å²) in [4.78, 5) is 13.9. The lowest BCUT2D eigenvalue weighted by molar-refractivity contribution is -0.277. The van der Waals surface area contributed by atoms with Gasteiger partial charge in [0.2, 0.25) is 11.2 Å². The summed E-state index contributed by atoms with van der Waals surface area (Å²) < 4.78 is 75.1. The summed E-state index contributed by atoms with van der Waals surface area (Å²) in [6, 6.07) is 3.42. The van der Waals surface area contributed by atoms with Crippen molar-refractivity contribution in [2.45, 2.75) is 17.8 Å². The Morgan fingerprint density at radius 2 is 1.88 bits per heavy atom. The number of ether oxygens (including phenoxy) is 1.